The average Bonchev–Trinajstić information content (AvgIpc) is 2.46. The topological polar surface area (TPSA) is 32.3 Å². The minimum Gasteiger partial charge on any atom is -0.385 e. The summed E-state index contributed by atoms with van der Waals surface area (Å²) in [4.78, 5) is 0. The highest BCUT2D eigenvalue weighted by Crippen LogP contribution is 2.41. The van der Waals surface area contributed by atoms with Crippen molar-refractivity contribution in [1.29, 1.82) is 0 Å². The maximum Gasteiger partial charge on any atom is 0.0932 e. The summed E-state index contributed by atoms with van der Waals surface area (Å²) in [5.74, 6) is 0. The molecule has 2 N–H and O–H groups in total. The molecule has 2 nitrogen and oxygen atoms in total. The van der Waals surface area contributed by atoms with E-state index >= 15 is 0 Å². The van der Waals surface area contributed by atoms with Crippen molar-refractivity contribution in [3.8, 4) is 0 Å². The van der Waals surface area contributed by atoms with Crippen LogP contribution in [0.5, 0.6) is 0 Å². The predicted octanol–water partition coefficient (Wildman–Crippen LogP) is 3.33. The molecule has 2 fully saturated rings. The highest BCUT2D eigenvalue weighted by atomic mass is 16.3. The van der Waals surface area contributed by atoms with Crippen LogP contribution in [-0.4, -0.2) is 17.2 Å². The second-order valence-electron chi connectivity index (χ2n) is 6.46. The van der Waals surface area contributed by atoms with E-state index in [1.165, 1.54) is 30.0 Å². The van der Waals surface area contributed by atoms with Crippen molar-refractivity contribution < 1.29 is 5.11 Å². The van der Waals surface area contributed by atoms with Gasteiger partial charge in [0.25, 0.3) is 0 Å². The lowest BCUT2D eigenvalue weighted by Gasteiger charge is -2.45. The fourth-order valence-electron chi connectivity index (χ4n) is 4.18. The number of piperidine rings is 2. The molecule has 2 heterocycles. The van der Waals surface area contributed by atoms with Gasteiger partial charge in [-0.3, -0.25) is 0 Å². The minimum atomic E-state index is -0.665. The van der Waals surface area contributed by atoms with Crippen molar-refractivity contribution in [2.75, 3.05) is 0 Å². The quantitative estimate of drug-likeness (QED) is 0.830. The first-order chi connectivity index (χ1) is 9.74. The molecule has 2 aliphatic rings. The Morgan fingerprint density at radius 3 is 2.45 bits per heavy atom. The van der Waals surface area contributed by atoms with Crippen LogP contribution in [0.25, 0.3) is 10.8 Å². The third kappa shape index (κ3) is 1.95. The zero-order chi connectivity index (χ0) is 13.6. The third-order valence-corrected chi connectivity index (χ3v) is 5.04. The molecule has 2 saturated heterocycles. The van der Waals surface area contributed by atoms with Crippen LogP contribution in [0.3, 0.4) is 0 Å². The number of aliphatic hydroxyl groups is 1. The summed E-state index contributed by atoms with van der Waals surface area (Å²) in [6.07, 6.45) is 5.39. The average molecular weight is 267 g/mol. The van der Waals surface area contributed by atoms with E-state index in [2.05, 4.69) is 47.8 Å². The van der Waals surface area contributed by atoms with Crippen LogP contribution in [0.1, 0.15) is 37.7 Å². The molecule has 2 bridgehead atoms. The third-order valence-electron chi connectivity index (χ3n) is 5.04. The summed E-state index contributed by atoms with van der Waals surface area (Å²) in [5.41, 5.74) is 0.455. The number of hydrogen-bond donors (Lipinski definition) is 2. The van der Waals surface area contributed by atoms with Crippen LogP contribution < -0.4 is 5.32 Å². The molecule has 0 radical (unpaired) electrons. The monoisotopic (exact) mass is 267 g/mol. The highest BCUT2D eigenvalue weighted by molar-refractivity contribution is 5.86. The number of rotatable bonds is 1. The number of benzene rings is 2. The van der Waals surface area contributed by atoms with E-state index in [1.807, 2.05) is 0 Å². The summed E-state index contributed by atoms with van der Waals surface area (Å²) in [5, 5.41) is 17.4. The highest BCUT2D eigenvalue weighted by Gasteiger charge is 2.42. The van der Waals surface area contributed by atoms with Crippen LogP contribution in [0, 0.1) is 0 Å². The first kappa shape index (κ1) is 12.4. The first-order valence-corrected chi connectivity index (χ1v) is 7.71. The van der Waals surface area contributed by atoms with Gasteiger partial charge in [0, 0.05) is 12.1 Å². The maximum atomic E-state index is 11.3. The van der Waals surface area contributed by atoms with Gasteiger partial charge in [0.1, 0.15) is 0 Å². The minimum absolute atomic E-state index is 0.478. The molecule has 0 saturated carbocycles. The molecule has 2 heteroatoms. The van der Waals surface area contributed by atoms with Gasteiger partial charge in [0.2, 0.25) is 0 Å². The van der Waals surface area contributed by atoms with E-state index in [1.54, 1.807) is 0 Å². The zero-order valence-electron chi connectivity index (χ0n) is 11.7. The SMILES string of the molecule is OC1(c2cccc3ccccc23)CC2CCCC(C1)N2. The molecule has 104 valence electrons. The van der Waals surface area contributed by atoms with E-state index in [4.69, 9.17) is 0 Å². The second-order valence-corrected chi connectivity index (χ2v) is 6.46. The normalized spacial score (nSPS) is 33.2. The molecule has 4 rings (SSSR count). The van der Waals surface area contributed by atoms with Crippen LogP contribution in [-0.2, 0) is 5.60 Å². The zero-order valence-corrected chi connectivity index (χ0v) is 11.7. The Hall–Kier alpha value is -1.38. The van der Waals surface area contributed by atoms with E-state index < -0.39 is 5.60 Å². The Morgan fingerprint density at radius 2 is 1.65 bits per heavy atom. The Bertz CT molecular complexity index is 619. The molecular weight excluding hydrogens is 246 g/mol. The van der Waals surface area contributed by atoms with Crippen molar-refractivity contribution in [1.82, 2.24) is 5.32 Å². The molecule has 0 aliphatic carbocycles. The fraction of sp³-hybridized carbons (Fsp3) is 0.444. The number of fused-ring (bicyclic) bond motifs is 3. The Labute approximate surface area is 119 Å². The van der Waals surface area contributed by atoms with Crippen LogP contribution >= 0.6 is 0 Å². The van der Waals surface area contributed by atoms with Crippen molar-refractivity contribution in [3.63, 3.8) is 0 Å². The van der Waals surface area contributed by atoms with Gasteiger partial charge in [0.05, 0.1) is 5.60 Å². The van der Waals surface area contributed by atoms with E-state index in [-0.39, 0.29) is 0 Å². The van der Waals surface area contributed by atoms with Gasteiger partial charge in [-0.05, 0) is 42.0 Å². The predicted molar refractivity (Wildman–Crippen MR) is 81.6 cm³/mol. The summed E-state index contributed by atoms with van der Waals surface area (Å²) in [6.45, 7) is 0. The summed E-state index contributed by atoms with van der Waals surface area (Å²) >= 11 is 0. The summed E-state index contributed by atoms with van der Waals surface area (Å²) in [6, 6.07) is 15.7. The van der Waals surface area contributed by atoms with E-state index in [9.17, 15) is 5.11 Å². The molecule has 0 spiro atoms. The summed E-state index contributed by atoms with van der Waals surface area (Å²) in [7, 11) is 0. The molecule has 20 heavy (non-hydrogen) atoms. The molecule has 2 aromatic rings. The molecule has 0 aromatic heterocycles. The largest absolute Gasteiger partial charge is 0.385 e. The van der Waals surface area contributed by atoms with Crippen molar-refractivity contribution in [2.24, 2.45) is 0 Å². The Balaban J connectivity index is 1.81. The van der Waals surface area contributed by atoms with E-state index in [0.29, 0.717) is 12.1 Å². The first-order valence-electron chi connectivity index (χ1n) is 7.71. The van der Waals surface area contributed by atoms with Gasteiger partial charge in [-0.2, -0.15) is 0 Å². The summed E-state index contributed by atoms with van der Waals surface area (Å²) < 4.78 is 0. The maximum absolute atomic E-state index is 11.3. The molecule has 2 atom stereocenters. The van der Waals surface area contributed by atoms with Gasteiger partial charge in [-0.1, -0.05) is 48.9 Å². The van der Waals surface area contributed by atoms with Gasteiger partial charge >= 0.3 is 0 Å². The Morgan fingerprint density at radius 1 is 0.950 bits per heavy atom. The van der Waals surface area contributed by atoms with Crippen molar-refractivity contribution in [2.45, 2.75) is 49.8 Å². The van der Waals surface area contributed by atoms with Gasteiger partial charge in [-0.25, -0.2) is 0 Å². The van der Waals surface area contributed by atoms with Gasteiger partial charge < -0.3 is 10.4 Å². The molecule has 0 amide bonds. The van der Waals surface area contributed by atoms with Crippen LogP contribution in [0.15, 0.2) is 42.5 Å². The smallest absolute Gasteiger partial charge is 0.0932 e. The van der Waals surface area contributed by atoms with Crippen LogP contribution in [0.4, 0.5) is 0 Å². The fourth-order valence-corrected chi connectivity index (χ4v) is 4.18. The number of hydrogen-bond acceptors (Lipinski definition) is 2. The lowest BCUT2D eigenvalue weighted by Crippen LogP contribution is -2.54. The van der Waals surface area contributed by atoms with Crippen molar-refractivity contribution >= 4 is 10.8 Å². The molecular formula is C18H21NO. The van der Waals surface area contributed by atoms with Gasteiger partial charge in [0.15, 0.2) is 0 Å². The Kier molecular flexibility index (Phi) is 2.83. The lowest BCUT2D eigenvalue weighted by atomic mass is 9.73. The van der Waals surface area contributed by atoms with Gasteiger partial charge in [-0.15, -0.1) is 0 Å². The van der Waals surface area contributed by atoms with E-state index in [0.717, 1.165) is 18.4 Å². The second kappa shape index (κ2) is 4.57. The number of nitrogens with one attached hydrogen (secondary N) is 1. The van der Waals surface area contributed by atoms with Crippen LogP contribution in [0.2, 0.25) is 0 Å². The molecule has 2 aromatic carbocycles. The molecule has 2 unspecified atom stereocenters. The molecule has 2 aliphatic heterocycles. The van der Waals surface area contributed by atoms with Crippen molar-refractivity contribution in [3.05, 3.63) is 48.0 Å². The lowest BCUT2D eigenvalue weighted by molar-refractivity contribution is -0.0347. The standard InChI is InChI=1S/C18H21NO/c20-18(11-14-7-4-8-15(12-18)19-14)17-10-3-6-13-5-1-2-9-16(13)17/h1-3,5-6,9-10,14-15,19-20H,4,7-8,11-12H2.